The van der Waals surface area contributed by atoms with Crippen LogP contribution in [-0.4, -0.2) is 34.4 Å². The number of hydrogen-bond acceptors (Lipinski definition) is 3. The molecule has 0 unspecified atom stereocenters. The van der Waals surface area contributed by atoms with Crippen molar-refractivity contribution in [1.29, 1.82) is 0 Å². The van der Waals surface area contributed by atoms with Crippen molar-refractivity contribution in [3.05, 3.63) is 65.9 Å². The van der Waals surface area contributed by atoms with Gasteiger partial charge >= 0.3 is 0 Å². The van der Waals surface area contributed by atoms with Crippen molar-refractivity contribution >= 4 is 28.8 Å². The first kappa shape index (κ1) is 22.4. The number of aromatic nitrogens is 1. The number of nitrogens with one attached hydrogen (secondary N) is 1. The van der Waals surface area contributed by atoms with E-state index in [9.17, 15) is 9.59 Å². The number of carbonyl (C=O) groups excluding carboxylic acids is 2. The molecule has 0 aliphatic rings. The van der Waals surface area contributed by atoms with Gasteiger partial charge in [0.15, 0.2) is 5.76 Å². The number of fused-ring (bicyclic) bond motifs is 1. The lowest BCUT2D eigenvalue weighted by molar-refractivity contribution is -0.127. The van der Waals surface area contributed by atoms with Gasteiger partial charge in [0, 0.05) is 42.8 Å². The topological polar surface area (TPSA) is 67.5 Å². The molecule has 2 heterocycles. The first-order valence-corrected chi connectivity index (χ1v) is 10.9. The molecule has 1 N–H and O–H groups in total. The molecule has 6 heteroatoms. The molecule has 3 rings (SSSR count). The minimum atomic E-state index is -0.434. The molecule has 6 nitrogen and oxygen atoms in total. The van der Waals surface area contributed by atoms with Gasteiger partial charge in [0.25, 0.3) is 11.8 Å². The molecule has 0 fully saturated rings. The molecule has 0 saturated heterocycles. The summed E-state index contributed by atoms with van der Waals surface area (Å²) in [4.78, 5) is 28.1. The zero-order chi connectivity index (χ0) is 22.2. The van der Waals surface area contributed by atoms with Crippen LogP contribution in [0, 0.1) is 0 Å². The molecule has 0 aliphatic carbocycles. The van der Waals surface area contributed by atoms with Crippen LogP contribution in [0.2, 0.25) is 0 Å². The molecule has 0 atom stereocenters. The Labute approximate surface area is 183 Å². The van der Waals surface area contributed by atoms with Gasteiger partial charge in [-0.2, -0.15) is 0 Å². The van der Waals surface area contributed by atoms with Crippen molar-refractivity contribution in [3.8, 4) is 0 Å². The van der Waals surface area contributed by atoms with E-state index in [1.54, 1.807) is 18.2 Å². The van der Waals surface area contributed by atoms with E-state index < -0.39 is 5.91 Å². The summed E-state index contributed by atoms with van der Waals surface area (Å²) in [5.41, 5.74) is 2.20. The van der Waals surface area contributed by atoms with E-state index in [2.05, 4.69) is 19.2 Å². The maximum absolute atomic E-state index is 13.5. The number of carbonyl (C=O) groups is 2. The Morgan fingerprint density at radius 2 is 1.77 bits per heavy atom. The summed E-state index contributed by atoms with van der Waals surface area (Å²) < 4.78 is 7.24. The number of rotatable bonds is 10. The van der Waals surface area contributed by atoms with Crippen LogP contribution in [0.5, 0.6) is 0 Å². The zero-order valence-corrected chi connectivity index (χ0v) is 18.6. The number of aryl methyl sites for hydroxylation is 1. The number of nitrogens with zero attached hydrogens (tertiary/aromatic N) is 2. The van der Waals surface area contributed by atoms with Gasteiger partial charge in [0.05, 0.1) is 6.26 Å². The summed E-state index contributed by atoms with van der Waals surface area (Å²) in [6.07, 6.45) is 9.02. The average Bonchev–Trinajstić information content (AvgIpc) is 3.42. The number of para-hydroxylation sites is 1. The Kier molecular flexibility index (Phi) is 7.70. The van der Waals surface area contributed by atoms with Gasteiger partial charge in [0.1, 0.15) is 5.70 Å². The fourth-order valence-corrected chi connectivity index (χ4v) is 3.57. The lowest BCUT2D eigenvalue weighted by Crippen LogP contribution is -2.39. The first-order valence-electron chi connectivity index (χ1n) is 10.9. The van der Waals surface area contributed by atoms with E-state index in [4.69, 9.17) is 4.42 Å². The Bertz CT molecular complexity index is 1040. The molecule has 164 valence electrons. The third-order valence-corrected chi connectivity index (χ3v) is 5.30. The molecule has 0 aliphatic heterocycles. The quantitative estimate of drug-likeness (QED) is 0.470. The fourth-order valence-electron chi connectivity index (χ4n) is 3.57. The van der Waals surface area contributed by atoms with Crippen molar-refractivity contribution in [3.63, 3.8) is 0 Å². The predicted octanol–water partition coefficient (Wildman–Crippen LogP) is 4.97. The Balaban J connectivity index is 1.99. The molecule has 0 saturated carbocycles. The van der Waals surface area contributed by atoms with Gasteiger partial charge in [0.2, 0.25) is 0 Å². The summed E-state index contributed by atoms with van der Waals surface area (Å²) in [7, 11) is 1.97. The van der Waals surface area contributed by atoms with Crippen molar-refractivity contribution in [2.45, 2.75) is 39.5 Å². The van der Waals surface area contributed by atoms with Gasteiger partial charge in [-0.3, -0.25) is 9.59 Å². The van der Waals surface area contributed by atoms with Gasteiger partial charge < -0.3 is 19.2 Å². The monoisotopic (exact) mass is 421 g/mol. The van der Waals surface area contributed by atoms with E-state index >= 15 is 0 Å². The summed E-state index contributed by atoms with van der Waals surface area (Å²) in [5, 5.41) is 3.83. The van der Waals surface area contributed by atoms with Crippen LogP contribution in [0.25, 0.3) is 17.0 Å². The third kappa shape index (κ3) is 5.45. The molecule has 2 amide bonds. The van der Waals surface area contributed by atoms with E-state index in [0.29, 0.717) is 13.1 Å². The van der Waals surface area contributed by atoms with Crippen LogP contribution in [0.1, 0.15) is 55.6 Å². The van der Waals surface area contributed by atoms with Crippen molar-refractivity contribution in [1.82, 2.24) is 14.8 Å². The van der Waals surface area contributed by atoms with Gasteiger partial charge in [-0.15, -0.1) is 0 Å². The van der Waals surface area contributed by atoms with Crippen LogP contribution in [-0.2, 0) is 11.8 Å². The van der Waals surface area contributed by atoms with E-state index in [0.717, 1.165) is 42.1 Å². The van der Waals surface area contributed by atoms with Crippen LogP contribution in [0.3, 0.4) is 0 Å². The highest BCUT2D eigenvalue weighted by Gasteiger charge is 2.22. The molecular formula is C25H31N3O3. The first-order chi connectivity index (χ1) is 15.0. The molecule has 3 aromatic rings. The highest BCUT2D eigenvalue weighted by atomic mass is 16.3. The lowest BCUT2D eigenvalue weighted by Gasteiger charge is -2.24. The molecule has 31 heavy (non-hydrogen) atoms. The second-order valence-electron chi connectivity index (χ2n) is 7.70. The minimum Gasteiger partial charge on any atom is -0.459 e. The number of unbranched alkanes of at least 4 members (excludes halogenated alkanes) is 2. The largest absolute Gasteiger partial charge is 0.459 e. The Hall–Kier alpha value is -3.28. The Morgan fingerprint density at radius 1 is 1.06 bits per heavy atom. The second-order valence-corrected chi connectivity index (χ2v) is 7.70. The minimum absolute atomic E-state index is 0.172. The molecule has 1 aromatic carbocycles. The predicted molar refractivity (Wildman–Crippen MR) is 123 cm³/mol. The summed E-state index contributed by atoms with van der Waals surface area (Å²) >= 11 is 0. The standard InChI is InChI=1S/C25H31N3O3/c1-4-6-14-28(15-7-5-2)25(30)21(26-24(29)23-13-10-16-31-23)17-19-18-27(3)22-12-9-8-11-20(19)22/h8-13,16-18H,4-7,14-15H2,1-3H3,(H,26,29)/b21-17-. The summed E-state index contributed by atoms with van der Waals surface area (Å²) in [6.45, 7) is 5.54. The van der Waals surface area contributed by atoms with E-state index in [1.165, 1.54) is 6.26 Å². The smallest absolute Gasteiger partial charge is 0.291 e. The number of hydrogen-bond donors (Lipinski definition) is 1. The van der Waals surface area contributed by atoms with Crippen LogP contribution in [0.15, 0.2) is 59.0 Å². The molecule has 0 radical (unpaired) electrons. The SMILES string of the molecule is CCCCN(CCCC)C(=O)/C(=C/c1cn(C)c2ccccc12)NC(=O)c1ccco1. The van der Waals surface area contributed by atoms with Gasteiger partial charge in [-0.25, -0.2) is 0 Å². The second kappa shape index (κ2) is 10.7. The van der Waals surface area contributed by atoms with Crippen molar-refractivity contribution in [2.75, 3.05) is 13.1 Å². The average molecular weight is 422 g/mol. The highest BCUT2D eigenvalue weighted by molar-refractivity contribution is 6.05. The van der Waals surface area contributed by atoms with Crippen LogP contribution < -0.4 is 5.32 Å². The van der Waals surface area contributed by atoms with E-state index in [1.807, 2.05) is 47.0 Å². The van der Waals surface area contributed by atoms with Crippen molar-refractivity contribution in [2.24, 2.45) is 7.05 Å². The lowest BCUT2D eigenvalue weighted by atomic mass is 10.1. The maximum Gasteiger partial charge on any atom is 0.291 e. The number of furan rings is 1. The molecule has 0 spiro atoms. The van der Waals surface area contributed by atoms with Crippen LogP contribution >= 0.6 is 0 Å². The van der Waals surface area contributed by atoms with E-state index in [-0.39, 0.29) is 17.4 Å². The normalized spacial score (nSPS) is 11.6. The summed E-state index contributed by atoms with van der Waals surface area (Å²) in [6, 6.07) is 11.2. The number of amides is 2. The molecule has 2 aromatic heterocycles. The maximum atomic E-state index is 13.5. The molecule has 0 bridgehead atoms. The fraction of sp³-hybridized carbons (Fsp3) is 0.360. The van der Waals surface area contributed by atoms with Crippen molar-refractivity contribution < 1.29 is 14.0 Å². The molecular weight excluding hydrogens is 390 g/mol. The van der Waals surface area contributed by atoms with Gasteiger partial charge in [-0.1, -0.05) is 44.9 Å². The highest BCUT2D eigenvalue weighted by Crippen LogP contribution is 2.23. The van der Waals surface area contributed by atoms with Gasteiger partial charge in [-0.05, 0) is 37.1 Å². The van der Waals surface area contributed by atoms with Crippen LogP contribution in [0.4, 0.5) is 0 Å². The Morgan fingerprint density at radius 3 is 2.42 bits per heavy atom. The summed E-state index contributed by atoms with van der Waals surface area (Å²) in [5.74, 6) is -0.434. The zero-order valence-electron chi connectivity index (χ0n) is 18.6. The number of benzene rings is 1. The third-order valence-electron chi connectivity index (χ3n) is 5.30.